The minimum Gasteiger partial charge on any atom is -0.483 e. The van der Waals surface area contributed by atoms with Gasteiger partial charge in [0.05, 0.1) is 9.82 Å². The Labute approximate surface area is 172 Å². The number of benzene rings is 2. The predicted octanol–water partition coefficient (Wildman–Crippen LogP) is 2.18. The average molecular weight is 437 g/mol. The van der Waals surface area contributed by atoms with Crippen LogP contribution in [0.5, 0.6) is 5.75 Å². The Morgan fingerprint density at radius 2 is 1.87 bits per heavy atom. The molecule has 0 radical (unpaired) electrons. The first-order valence-electron chi connectivity index (χ1n) is 9.13. The van der Waals surface area contributed by atoms with Gasteiger partial charge >= 0.3 is 5.69 Å². The van der Waals surface area contributed by atoms with Gasteiger partial charge in [-0.3, -0.25) is 14.9 Å². The van der Waals surface area contributed by atoms with Crippen molar-refractivity contribution in [2.45, 2.75) is 23.4 Å². The molecular formula is C19H20FN3O6S. The van der Waals surface area contributed by atoms with E-state index in [-0.39, 0.29) is 30.8 Å². The molecule has 11 heteroatoms. The fourth-order valence-corrected chi connectivity index (χ4v) is 3.98. The lowest BCUT2D eigenvalue weighted by Crippen LogP contribution is -2.42. The number of nitro benzene ring substituents is 1. The van der Waals surface area contributed by atoms with Crippen molar-refractivity contribution in [3.05, 3.63) is 64.2 Å². The number of piperidine rings is 1. The topological polar surface area (TPSA) is 128 Å². The molecule has 1 saturated heterocycles. The second kappa shape index (κ2) is 8.76. The number of nitrogens with zero attached hydrogens (tertiary/aromatic N) is 1. The van der Waals surface area contributed by atoms with Gasteiger partial charge in [-0.25, -0.2) is 17.5 Å². The van der Waals surface area contributed by atoms with Crippen molar-refractivity contribution < 1.29 is 27.3 Å². The number of nitro groups is 1. The number of halogens is 1. The highest BCUT2D eigenvalue weighted by Gasteiger charge is 2.34. The number of carbonyl (C=O) groups excluding carboxylic acids is 1. The van der Waals surface area contributed by atoms with Crippen LogP contribution in [-0.4, -0.2) is 44.6 Å². The molecule has 0 atom stereocenters. The largest absolute Gasteiger partial charge is 0.483 e. The summed E-state index contributed by atoms with van der Waals surface area (Å²) in [6.07, 6.45) is 0.414. The molecule has 0 spiro atoms. The Morgan fingerprint density at radius 3 is 2.50 bits per heavy atom. The standard InChI is InChI=1S/C19H20FN3O6S/c20-19(8-10-21-11-9-19)13-29-17-7-6-15(12-16(17)23(25)26)30(27,28)22-18(24)14-4-2-1-3-5-14/h1-7,12,21H,8-11,13H2,(H,22,24). The number of ether oxygens (including phenoxy) is 1. The minimum absolute atomic E-state index is 0.116. The van der Waals surface area contributed by atoms with Crippen molar-refractivity contribution >= 4 is 21.6 Å². The van der Waals surface area contributed by atoms with E-state index in [0.717, 1.165) is 18.2 Å². The van der Waals surface area contributed by atoms with Crippen molar-refractivity contribution in [1.29, 1.82) is 0 Å². The van der Waals surface area contributed by atoms with Crippen LogP contribution in [0.1, 0.15) is 23.2 Å². The van der Waals surface area contributed by atoms with E-state index in [9.17, 15) is 27.7 Å². The molecular weight excluding hydrogens is 417 g/mol. The van der Waals surface area contributed by atoms with Gasteiger partial charge in [0.15, 0.2) is 5.75 Å². The summed E-state index contributed by atoms with van der Waals surface area (Å²) >= 11 is 0. The van der Waals surface area contributed by atoms with Crippen molar-refractivity contribution in [2.24, 2.45) is 0 Å². The van der Waals surface area contributed by atoms with Crippen molar-refractivity contribution in [2.75, 3.05) is 19.7 Å². The first-order chi connectivity index (χ1) is 14.2. The molecule has 2 aromatic rings. The summed E-state index contributed by atoms with van der Waals surface area (Å²) in [6, 6.07) is 10.6. The number of carbonyl (C=O) groups is 1. The highest BCUT2D eigenvalue weighted by atomic mass is 32.2. The highest BCUT2D eigenvalue weighted by molar-refractivity contribution is 7.90. The van der Waals surface area contributed by atoms with Crippen LogP contribution in [0.25, 0.3) is 0 Å². The van der Waals surface area contributed by atoms with Crippen LogP contribution in [-0.2, 0) is 10.0 Å². The lowest BCUT2D eigenvalue weighted by atomic mass is 9.95. The van der Waals surface area contributed by atoms with Crippen LogP contribution < -0.4 is 14.8 Å². The summed E-state index contributed by atoms with van der Waals surface area (Å²) in [7, 11) is -4.37. The molecule has 0 saturated carbocycles. The summed E-state index contributed by atoms with van der Waals surface area (Å²) in [5, 5.41) is 14.4. The zero-order valence-corrected chi connectivity index (χ0v) is 16.7. The van der Waals surface area contributed by atoms with E-state index in [1.54, 1.807) is 18.2 Å². The molecule has 2 N–H and O–H groups in total. The third-order valence-electron chi connectivity index (χ3n) is 4.69. The maximum Gasteiger partial charge on any atom is 0.312 e. The van der Waals surface area contributed by atoms with E-state index in [0.29, 0.717) is 13.1 Å². The molecule has 0 unspecified atom stereocenters. The Bertz CT molecular complexity index is 1040. The molecule has 30 heavy (non-hydrogen) atoms. The van der Waals surface area contributed by atoms with Crippen LogP contribution in [0.4, 0.5) is 10.1 Å². The second-order valence-electron chi connectivity index (χ2n) is 6.88. The quantitative estimate of drug-likeness (QED) is 0.502. The molecule has 1 heterocycles. The summed E-state index contributed by atoms with van der Waals surface area (Å²) in [6.45, 7) is 0.562. The fourth-order valence-electron chi connectivity index (χ4n) is 2.98. The van der Waals surface area contributed by atoms with Gasteiger partial charge in [-0.15, -0.1) is 0 Å². The van der Waals surface area contributed by atoms with Crippen molar-refractivity contribution in [3.63, 3.8) is 0 Å². The summed E-state index contributed by atoms with van der Waals surface area (Å²) in [5.41, 5.74) is -2.14. The average Bonchev–Trinajstić information content (AvgIpc) is 2.73. The van der Waals surface area contributed by atoms with Crippen LogP contribution >= 0.6 is 0 Å². The highest BCUT2D eigenvalue weighted by Crippen LogP contribution is 2.32. The Kier molecular flexibility index (Phi) is 6.32. The first-order valence-corrected chi connectivity index (χ1v) is 10.6. The summed E-state index contributed by atoms with van der Waals surface area (Å²) < 4.78 is 46.9. The molecule has 3 rings (SSSR count). The van der Waals surface area contributed by atoms with Gasteiger partial charge < -0.3 is 10.1 Å². The summed E-state index contributed by atoms with van der Waals surface area (Å²) in [4.78, 5) is 22.2. The second-order valence-corrected chi connectivity index (χ2v) is 8.56. The zero-order valence-electron chi connectivity index (χ0n) is 15.8. The normalized spacial score (nSPS) is 15.9. The van der Waals surface area contributed by atoms with E-state index in [1.807, 2.05) is 4.72 Å². The molecule has 160 valence electrons. The van der Waals surface area contributed by atoms with Crippen molar-refractivity contribution in [1.82, 2.24) is 10.0 Å². The maximum atomic E-state index is 14.7. The molecule has 0 aromatic heterocycles. The monoisotopic (exact) mass is 437 g/mol. The minimum atomic E-state index is -4.37. The van der Waals surface area contributed by atoms with Crippen LogP contribution in [0.3, 0.4) is 0 Å². The molecule has 9 nitrogen and oxygen atoms in total. The maximum absolute atomic E-state index is 14.7. The van der Waals surface area contributed by atoms with E-state index in [1.165, 1.54) is 12.1 Å². The Hall–Kier alpha value is -3.05. The van der Waals surface area contributed by atoms with E-state index < -0.39 is 37.1 Å². The molecule has 1 amide bonds. The Balaban J connectivity index is 1.80. The fraction of sp³-hybridized carbons (Fsp3) is 0.316. The number of amides is 1. The number of hydrogen-bond donors (Lipinski definition) is 2. The van der Waals surface area contributed by atoms with Gasteiger partial charge in [0.25, 0.3) is 15.9 Å². The number of rotatable bonds is 7. The number of hydrogen-bond acceptors (Lipinski definition) is 7. The predicted molar refractivity (Wildman–Crippen MR) is 106 cm³/mol. The van der Waals surface area contributed by atoms with Crippen molar-refractivity contribution in [3.8, 4) is 5.75 Å². The molecule has 2 aromatic carbocycles. The lowest BCUT2D eigenvalue weighted by molar-refractivity contribution is -0.386. The number of alkyl halides is 1. The SMILES string of the molecule is O=C(NS(=O)(=O)c1ccc(OCC2(F)CCNCC2)c([N+](=O)[O-])c1)c1ccccc1. The molecule has 0 aliphatic carbocycles. The zero-order chi connectivity index (χ0) is 21.8. The van der Waals surface area contributed by atoms with Gasteiger partial charge in [0.1, 0.15) is 12.3 Å². The van der Waals surface area contributed by atoms with E-state index in [4.69, 9.17) is 4.74 Å². The summed E-state index contributed by atoms with van der Waals surface area (Å²) in [5.74, 6) is -1.12. The van der Waals surface area contributed by atoms with E-state index in [2.05, 4.69) is 5.32 Å². The van der Waals surface area contributed by atoms with E-state index >= 15 is 0 Å². The third-order valence-corrected chi connectivity index (χ3v) is 6.02. The lowest BCUT2D eigenvalue weighted by Gasteiger charge is -2.29. The van der Waals surface area contributed by atoms with Crippen LogP contribution in [0.15, 0.2) is 53.4 Å². The van der Waals surface area contributed by atoms with Crippen LogP contribution in [0.2, 0.25) is 0 Å². The first kappa shape index (κ1) is 21.7. The van der Waals surface area contributed by atoms with Gasteiger partial charge in [-0.1, -0.05) is 18.2 Å². The smallest absolute Gasteiger partial charge is 0.312 e. The Morgan fingerprint density at radius 1 is 1.20 bits per heavy atom. The number of nitrogens with one attached hydrogen (secondary N) is 2. The third kappa shape index (κ3) is 5.10. The van der Waals surface area contributed by atoms with Gasteiger partial charge in [0.2, 0.25) is 0 Å². The number of sulfonamides is 1. The molecule has 1 aliphatic rings. The molecule has 1 aliphatic heterocycles. The van der Waals surface area contributed by atoms with Gasteiger partial charge in [-0.2, -0.15) is 0 Å². The molecule has 0 bridgehead atoms. The molecule has 1 fully saturated rings. The van der Waals surface area contributed by atoms with Gasteiger partial charge in [-0.05, 0) is 50.2 Å². The van der Waals surface area contributed by atoms with Gasteiger partial charge in [0, 0.05) is 11.6 Å². The van der Waals surface area contributed by atoms with Crippen LogP contribution in [0, 0.1) is 10.1 Å².